The van der Waals surface area contributed by atoms with Crippen molar-refractivity contribution in [3.8, 4) is 0 Å². The van der Waals surface area contributed by atoms with Gasteiger partial charge in [0.2, 0.25) is 0 Å². The van der Waals surface area contributed by atoms with E-state index in [2.05, 4.69) is 11.6 Å². The molecule has 26 heavy (non-hydrogen) atoms. The normalized spacial score (nSPS) is 17.8. The molecule has 1 saturated heterocycles. The molecular formula is C20H24N2O3S. The molecule has 138 valence electrons. The Kier molecular flexibility index (Phi) is 5.32. The zero-order valence-electron chi connectivity index (χ0n) is 15.1. The minimum atomic E-state index is -3.69. The number of aryl methyl sites for hydroxylation is 1. The van der Waals surface area contributed by atoms with Crippen LogP contribution in [-0.2, 0) is 10.0 Å². The van der Waals surface area contributed by atoms with E-state index in [0.717, 1.165) is 31.5 Å². The van der Waals surface area contributed by atoms with Crippen LogP contribution in [0.2, 0.25) is 0 Å². The van der Waals surface area contributed by atoms with Crippen LogP contribution < -0.4 is 4.72 Å². The molecule has 1 fully saturated rings. The average Bonchev–Trinajstić information content (AvgIpc) is 2.63. The van der Waals surface area contributed by atoms with Crippen LogP contribution in [0.3, 0.4) is 0 Å². The monoisotopic (exact) mass is 372 g/mol. The number of rotatable bonds is 4. The molecule has 0 radical (unpaired) electrons. The summed E-state index contributed by atoms with van der Waals surface area (Å²) in [5.74, 6) is 0.450. The lowest BCUT2D eigenvalue weighted by atomic mass is 9.99. The van der Waals surface area contributed by atoms with Crippen LogP contribution in [0.1, 0.15) is 35.7 Å². The van der Waals surface area contributed by atoms with Crippen molar-refractivity contribution < 1.29 is 13.2 Å². The summed E-state index contributed by atoms with van der Waals surface area (Å²) < 4.78 is 27.8. The highest BCUT2D eigenvalue weighted by Gasteiger charge is 2.23. The van der Waals surface area contributed by atoms with Crippen LogP contribution in [0.15, 0.2) is 53.4 Å². The molecule has 0 bridgehead atoms. The van der Waals surface area contributed by atoms with Crippen molar-refractivity contribution in [3.63, 3.8) is 0 Å². The number of likely N-dealkylation sites (tertiary alicyclic amines) is 1. The van der Waals surface area contributed by atoms with Crippen molar-refractivity contribution in [1.29, 1.82) is 0 Å². The molecule has 1 N–H and O–H groups in total. The highest BCUT2D eigenvalue weighted by atomic mass is 32.2. The molecule has 0 unspecified atom stereocenters. The van der Waals surface area contributed by atoms with Crippen molar-refractivity contribution in [2.75, 3.05) is 17.8 Å². The summed E-state index contributed by atoms with van der Waals surface area (Å²) in [6.07, 6.45) is 2.14. The maximum Gasteiger partial charge on any atom is 0.261 e. The highest BCUT2D eigenvalue weighted by Crippen LogP contribution is 2.24. The summed E-state index contributed by atoms with van der Waals surface area (Å²) >= 11 is 0. The number of benzene rings is 2. The van der Waals surface area contributed by atoms with Crippen LogP contribution in [0.4, 0.5) is 5.69 Å². The fourth-order valence-electron chi connectivity index (χ4n) is 3.22. The van der Waals surface area contributed by atoms with E-state index in [-0.39, 0.29) is 10.8 Å². The van der Waals surface area contributed by atoms with E-state index in [1.165, 1.54) is 0 Å². The number of hydrogen-bond acceptors (Lipinski definition) is 3. The zero-order valence-corrected chi connectivity index (χ0v) is 15.9. The zero-order chi connectivity index (χ0) is 18.7. The van der Waals surface area contributed by atoms with Gasteiger partial charge < -0.3 is 4.90 Å². The molecule has 0 spiro atoms. The SMILES string of the molecule is Cc1ccc(C(=O)N2CCC[C@H](C)C2)cc1NS(=O)(=O)c1ccccc1. The molecule has 1 atom stereocenters. The molecular weight excluding hydrogens is 348 g/mol. The van der Waals surface area contributed by atoms with Crippen molar-refractivity contribution in [3.05, 3.63) is 59.7 Å². The van der Waals surface area contributed by atoms with Crippen LogP contribution in [-0.4, -0.2) is 32.3 Å². The van der Waals surface area contributed by atoms with Crippen molar-refractivity contribution >= 4 is 21.6 Å². The second kappa shape index (κ2) is 7.50. The summed E-state index contributed by atoms with van der Waals surface area (Å²) in [4.78, 5) is 14.8. The van der Waals surface area contributed by atoms with E-state index in [9.17, 15) is 13.2 Å². The number of carbonyl (C=O) groups is 1. The maximum absolute atomic E-state index is 12.8. The van der Waals surface area contributed by atoms with Gasteiger partial charge >= 0.3 is 0 Å². The second-order valence-electron chi connectivity index (χ2n) is 6.95. The van der Waals surface area contributed by atoms with E-state index in [0.29, 0.717) is 17.2 Å². The lowest BCUT2D eigenvalue weighted by Crippen LogP contribution is -2.39. The fraction of sp³-hybridized carbons (Fsp3) is 0.350. The standard InChI is InChI=1S/C20H24N2O3S/c1-15-7-6-12-22(14-15)20(23)17-11-10-16(2)19(13-17)21-26(24,25)18-8-4-3-5-9-18/h3-5,8-11,13,15,21H,6-7,12,14H2,1-2H3/t15-/m0/s1. The number of anilines is 1. The molecule has 6 heteroatoms. The third-order valence-corrected chi connectivity index (χ3v) is 6.11. The smallest absolute Gasteiger partial charge is 0.261 e. The molecule has 0 aromatic heterocycles. The Morgan fingerprint density at radius 1 is 1.15 bits per heavy atom. The van der Waals surface area contributed by atoms with E-state index in [4.69, 9.17) is 0 Å². The van der Waals surface area contributed by atoms with Gasteiger partial charge in [0.1, 0.15) is 0 Å². The van der Waals surface area contributed by atoms with Gasteiger partial charge in [-0.2, -0.15) is 0 Å². The molecule has 2 aromatic rings. The van der Waals surface area contributed by atoms with Gasteiger partial charge in [-0.25, -0.2) is 8.42 Å². The fourth-order valence-corrected chi connectivity index (χ4v) is 4.37. The van der Waals surface area contributed by atoms with Gasteiger partial charge in [0, 0.05) is 18.7 Å². The molecule has 0 saturated carbocycles. The van der Waals surface area contributed by atoms with Gasteiger partial charge in [-0.15, -0.1) is 0 Å². The summed E-state index contributed by atoms with van der Waals surface area (Å²) in [7, 11) is -3.69. The molecule has 1 heterocycles. The van der Waals surface area contributed by atoms with Gasteiger partial charge in [-0.05, 0) is 55.5 Å². The maximum atomic E-state index is 12.8. The van der Waals surface area contributed by atoms with Gasteiger partial charge in [-0.1, -0.05) is 31.2 Å². The average molecular weight is 372 g/mol. The van der Waals surface area contributed by atoms with Gasteiger partial charge in [0.05, 0.1) is 10.6 Å². The Morgan fingerprint density at radius 3 is 2.58 bits per heavy atom. The number of carbonyl (C=O) groups excluding carboxylic acids is 1. The van der Waals surface area contributed by atoms with Crippen LogP contribution in [0.5, 0.6) is 0 Å². The molecule has 1 aliphatic rings. The highest BCUT2D eigenvalue weighted by molar-refractivity contribution is 7.92. The van der Waals surface area contributed by atoms with Crippen LogP contribution in [0.25, 0.3) is 0 Å². The van der Waals surface area contributed by atoms with Crippen LogP contribution in [0, 0.1) is 12.8 Å². The second-order valence-corrected chi connectivity index (χ2v) is 8.63. The predicted molar refractivity (Wildman–Crippen MR) is 103 cm³/mol. The predicted octanol–water partition coefficient (Wildman–Crippen LogP) is 3.67. The molecule has 1 aliphatic heterocycles. The number of piperidine rings is 1. The Balaban J connectivity index is 1.85. The first-order chi connectivity index (χ1) is 12.4. The quantitative estimate of drug-likeness (QED) is 0.890. The Labute approximate surface area is 155 Å². The van der Waals surface area contributed by atoms with E-state index in [1.807, 2.05) is 11.8 Å². The minimum Gasteiger partial charge on any atom is -0.338 e. The van der Waals surface area contributed by atoms with E-state index < -0.39 is 10.0 Å². The van der Waals surface area contributed by atoms with Gasteiger partial charge in [-0.3, -0.25) is 9.52 Å². The Bertz CT molecular complexity index is 895. The van der Waals surface area contributed by atoms with E-state index in [1.54, 1.807) is 48.5 Å². The largest absolute Gasteiger partial charge is 0.338 e. The van der Waals surface area contributed by atoms with Crippen molar-refractivity contribution in [2.24, 2.45) is 5.92 Å². The van der Waals surface area contributed by atoms with E-state index >= 15 is 0 Å². The number of hydrogen-bond donors (Lipinski definition) is 1. The first-order valence-corrected chi connectivity index (χ1v) is 10.3. The number of amides is 1. The third kappa shape index (κ3) is 4.07. The minimum absolute atomic E-state index is 0.0447. The molecule has 5 nitrogen and oxygen atoms in total. The summed E-state index contributed by atoms with van der Waals surface area (Å²) in [6, 6.07) is 13.4. The number of nitrogens with zero attached hydrogens (tertiary/aromatic N) is 1. The molecule has 0 aliphatic carbocycles. The third-order valence-electron chi connectivity index (χ3n) is 4.73. The summed E-state index contributed by atoms with van der Waals surface area (Å²) in [5, 5.41) is 0. The molecule has 1 amide bonds. The van der Waals surface area contributed by atoms with Crippen molar-refractivity contribution in [2.45, 2.75) is 31.6 Å². The Hall–Kier alpha value is -2.34. The topological polar surface area (TPSA) is 66.5 Å². The molecule has 3 rings (SSSR count). The number of nitrogens with one attached hydrogen (secondary N) is 1. The lowest BCUT2D eigenvalue weighted by molar-refractivity contribution is 0.0683. The number of sulfonamides is 1. The Morgan fingerprint density at radius 2 is 1.88 bits per heavy atom. The van der Waals surface area contributed by atoms with Gasteiger partial charge in [0.25, 0.3) is 15.9 Å². The molecule has 2 aromatic carbocycles. The van der Waals surface area contributed by atoms with Gasteiger partial charge in [0.15, 0.2) is 0 Å². The first kappa shape index (κ1) is 18.5. The summed E-state index contributed by atoms with van der Waals surface area (Å²) in [5.41, 5.74) is 1.72. The first-order valence-electron chi connectivity index (χ1n) is 8.84. The summed E-state index contributed by atoms with van der Waals surface area (Å²) in [6.45, 7) is 5.47. The van der Waals surface area contributed by atoms with Crippen LogP contribution >= 0.6 is 0 Å². The lowest BCUT2D eigenvalue weighted by Gasteiger charge is -2.31. The van der Waals surface area contributed by atoms with Crippen molar-refractivity contribution in [1.82, 2.24) is 4.90 Å².